The van der Waals surface area contributed by atoms with E-state index in [-0.39, 0.29) is 48.4 Å². The molecule has 0 bridgehead atoms. The first-order valence-electron chi connectivity index (χ1n) is 11.8. The number of hydrogen-bond acceptors (Lipinski definition) is 7. The smallest absolute Gasteiger partial charge is 0.243 e. The van der Waals surface area contributed by atoms with Gasteiger partial charge in [-0.2, -0.15) is 0 Å². The van der Waals surface area contributed by atoms with Crippen molar-refractivity contribution in [1.82, 2.24) is 15.2 Å². The molecular weight excluding hydrogens is 422 g/mol. The third-order valence-corrected chi connectivity index (χ3v) is 7.38. The van der Waals surface area contributed by atoms with Gasteiger partial charge >= 0.3 is 0 Å². The van der Waals surface area contributed by atoms with Crippen LogP contribution >= 0.6 is 0 Å². The minimum absolute atomic E-state index is 0.0734. The van der Waals surface area contributed by atoms with E-state index in [1.165, 1.54) is 38.6 Å². The molecule has 0 aromatic carbocycles. The number of nitrogens with zero attached hydrogens (tertiary/aromatic N) is 2. The van der Waals surface area contributed by atoms with E-state index in [9.17, 15) is 19.5 Å². The number of likely N-dealkylation sites (tertiary alicyclic amines) is 1. The lowest BCUT2D eigenvalue weighted by Gasteiger charge is -2.32. The zero-order valence-corrected chi connectivity index (χ0v) is 19.1. The van der Waals surface area contributed by atoms with Gasteiger partial charge in [0.25, 0.3) is 0 Å². The van der Waals surface area contributed by atoms with E-state index in [0.717, 1.165) is 19.3 Å². The van der Waals surface area contributed by atoms with Crippen molar-refractivity contribution in [2.75, 3.05) is 25.0 Å². The lowest BCUT2D eigenvalue weighted by atomic mass is 9.83. The molecule has 3 atom stereocenters. The average Bonchev–Trinajstić information content (AvgIpc) is 3.39. The Morgan fingerprint density at radius 3 is 2.79 bits per heavy atom. The maximum atomic E-state index is 13.1. The third-order valence-electron chi connectivity index (χ3n) is 7.38. The van der Waals surface area contributed by atoms with Gasteiger partial charge in [-0.25, -0.2) is 0 Å². The molecule has 2 heterocycles. The van der Waals surface area contributed by atoms with Crippen LogP contribution in [0.4, 0.5) is 5.69 Å². The summed E-state index contributed by atoms with van der Waals surface area (Å²) in [6.45, 7) is 1.47. The highest BCUT2D eigenvalue weighted by molar-refractivity contribution is 6.45. The second-order valence-corrected chi connectivity index (χ2v) is 9.85. The van der Waals surface area contributed by atoms with Crippen LogP contribution < -0.4 is 10.6 Å². The highest BCUT2D eigenvalue weighted by atomic mass is 16.3. The summed E-state index contributed by atoms with van der Waals surface area (Å²) in [5.74, 6) is -0.918. The number of carbonyl (C=O) groups excluding carboxylic acids is 3. The number of aromatic nitrogens is 1. The molecule has 2 saturated carbocycles. The molecular formula is C24H33N5O4. The summed E-state index contributed by atoms with van der Waals surface area (Å²) in [4.78, 5) is 43.4. The molecule has 33 heavy (non-hydrogen) atoms. The Hall–Kier alpha value is -2.81. The molecule has 178 valence electrons. The maximum absolute atomic E-state index is 13.1. The molecule has 1 spiro atoms. The Balaban J connectivity index is 1.40. The van der Waals surface area contributed by atoms with Crippen molar-refractivity contribution in [3.63, 3.8) is 0 Å². The SMILES string of the molecule is CC(=O)C(=N)c1ccncc1NCC(=O)N1C[C@@H](CO)C[C@H]1C(=O)NC1CCCC2(CC2)C1. The Labute approximate surface area is 193 Å². The van der Waals surface area contributed by atoms with Gasteiger partial charge in [0.05, 0.1) is 18.4 Å². The van der Waals surface area contributed by atoms with Gasteiger partial charge < -0.3 is 20.6 Å². The van der Waals surface area contributed by atoms with Crippen LogP contribution in [0, 0.1) is 16.7 Å². The van der Waals surface area contributed by atoms with Gasteiger partial charge in [0.15, 0.2) is 5.78 Å². The molecule has 1 unspecified atom stereocenters. The van der Waals surface area contributed by atoms with E-state index in [0.29, 0.717) is 29.6 Å². The van der Waals surface area contributed by atoms with Gasteiger partial charge in [0, 0.05) is 43.8 Å². The highest BCUT2D eigenvalue weighted by Gasteiger charge is 2.47. The molecule has 1 aliphatic heterocycles. The van der Waals surface area contributed by atoms with Gasteiger partial charge in [-0.3, -0.25) is 24.8 Å². The van der Waals surface area contributed by atoms with Crippen molar-refractivity contribution in [3.8, 4) is 0 Å². The van der Waals surface area contributed by atoms with E-state index in [2.05, 4.69) is 15.6 Å². The second kappa shape index (κ2) is 9.59. The number of nitrogens with one attached hydrogen (secondary N) is 3. The van der Waals surface area contributed by atoms with E-state index in [4.69, 9.17) is 5.41 Å². The molecule has 1 aromatic heterocycles. The molecule has 4 N–H and O–H groups in total. The first-order valence-corrected chi connectivity index (χ1v) is 11.8. The highest BCUT2D eigenvalue weighted by Crippen LogP contribution is 2.56. The summed E-state index contributed by atoms with van der Waals surface area (Å²) in [7, 11) is 0. The van der Waals surface area contributed by atoms with E-state index in [1.54, 1.807) is 11.0 Å². The Kier molecular flexibility index (Phi) is 6.78. The standard InChI is InChI=1S/C24H33N5O4/c1-15(31)22(25)18-4-8-26-11-19(18)27-12-21(32)29-13-16(14-30)9-20(29)23(33)28-17-3-2-5-24(10-17)6-7-24/h4,8,11,16-17,20,25,27,30H,2-3,5-7,9-10,12-14H2,1H3,(H,28,33)/t16-,17?,20-/m0/s1. The number of anilines is 1. The molecule has 4 rings (SSSR count). The lowest BCUT2D eigenvalue weighted by Crippen LogP contribution is -2.50. The summed E-state index contributed by atoms with van der Waals surface area (Å²) in [6.07, 6.45) is 10.3. The van der Waals surface area contributed by atoms with Crippen LogP contribution in [0.1, 0.15) is 57.4 Å². The number of aliphatic hydroxyl groups is 1. The summed E-state index contributed by atoms with van der Waals surface area (Å²) in [5, 5.41) is 23.8. The van der Waals surface area contributed by atoms with Gasteiger partial charge in [-0.15, -0.1) is 0 Å². The Morgan fingerprint density at radius 1 is 1.30 bits per heavy atom. The van der Waals surface area contributed by atoms with Crippen molar-refractivity contribution in [2.24, 2.45) is 11.3 Å². The number of ketones is 1. The second-order valence-electron chi connectivity index (χ2n) is 9.85. The number of Topliss-reactive ketones (excluding diaryl/α,β-unsaturated/α-hetero) is 1. The van der Waals surface area contributed by atoms with Crippen LogP contribution in [0.15, 0.2) is 18.5 Å². The molecule has 1 saturated heterocycles. The molecule has 9 nitrogen and oxygen atoms in total. The van der Waals surface area contributed by atoms with Crippen LogP contribution in [0.3, 0.4) is 0 Å². The first-order chi connectivity index (χ1) is 15.8. The summed E-state index contributed by atoms with van der Waals surface area (Å²) < 4.78 is 0. The van der Waals surface area contributed by atoms with Crippen LogP contribution in [-0.2, 0) is 14.4 Å². The molecule has 0 radical (unpaired) electrons. The lowest BCUT2D eigenvalue weighted by molar-refractivity contribution is -0.137. The molecule has 3 fully saturated rings. The van der Waals surface area contributed by atoms with Crippen molar-refractivity contribution >= 4 is 29.0 Å². The molecule has 3 aliphatic rings. The number of aliphatic hydroxyl groups excluding tert-OH is 1. The van der Waals surface area contributed by atoms with E-state index in [1.807, 2.05) is 0 Å². The number of carbonyl (C=O) groups is 3. The zero-order chi connectivity index (χ0) is 23.6. The predicted molar refractivity (Wildman–Crippen MR) is 123 cm³/mol. The average molecular weight is 456 g/mol. The first kappa shape index (κ1) is 23.4. The van der Waals surface area contributed by atoms with Crippen molar-refractivity contribution < 1.29 is 19.5 Å². The number of pyridine rings is 1. The fourth-order valence-electron chi connectivity index (χ4n) is 5.30. The van der Waals surface area contributed by atoms with E-state index >= 15 is 0 Å². The van der Waals surface area contributed by atoms with Gasteiger partial charge in [-0.05, 0) is 50.0 Å². The summed E-state index contributed by atoms with van der Waals surface area (Å²) >= 11 is 0. The monoisotopic (exact) mass is 455 g/mol. The van der Waals surface area contributed by atoms with Gasteiger partial charge in [0.2, 0.25) is 11.8 Å². The summed E-state index contributed by atoms with van der Waals surface area (Å²) in [6, 6.07) is 1.12. The van der Waals surface area contributed by atoms with Crippen LogP contribution in [0.25, 0.3) is 0 Å². The minimum atomic E-state index is -0.600. The van der Waals surface area contributed by atoms with Crippen LogP contribution in [-0.4, -0.2) is 70.1 Å². The third kappa shape index (κ3) is 5.24. The normalized spacial score (nSPS) is 25.5. The number of hydrogen-bond donors (Lipinski definition) is 4. The Morgan fingerprint density at radius 2 is 2.09 bits per heavy atom. The quantitative estimate of drug-likeness (QED) is 0.439. The Bertz CT molecular complexity index is 945. The topological polar surface area (TPSA) is 135 Å². The molecule has 2 aliphatic carbocycles. The van der Waals surface area contributed by atoms with Gasteiger partial charge in [-0.1, -0.05) is 6.42 Å². The molecule has 1 aromatic rings. The largest absolute Gasteiger partial charge is 0.396 e. The minimum Gasteiger partial charge on any atom is -0.396 e. The van der Waals surface area contributed by atoms with Crippen molar-refractivity contribution in [2.45, 2.75) is 64.0 Å². The zero-order valence-electron chi connectivity index (χ0n) is 19.1. The number of amides is 2. The summed E-state index contributed by atoms with van der Waals surface area (Å²) in [5.41, 5.74) is 1.07. The van der Waals surface area contributed by atoms with Crippen LogP contribution in [0.2, 0.25) is 0 Å². The predicted octanol–water partition coefficient (Wildman–Crippen LogP) is 1.50. The van der Waals surface area contributed by atoms with Crippen molar-refractivity contribution in [3.05, 3.63) is 24.0 Å². The fraction of sp³-hybridized carbons (Fsp3) is 0.625. The van der Waals surface area contributed by atoms with E-state index < -0.39 is 6.04 Å². The van der Waals surface area contributed by atoms with Crippen molar-refractivity contribution in [1.29, 1.82) is 5.41 Å². The fourth-order valence-corrected chi connectivity index (χ4v) is 5.30. The molecule has 9 heteroatoms. The van der Waals surface area contributed by atoms with Crippen LogP contribution in [0.5, 0.6) is 0 Å². The molecule has 2 amide bonds. The van der Waals surface area contributed by atoms with Gasteiger partial charge in [0.1, 0.15) is 11.8 Å². The maximum Gasteiger partial charge on any atom is 0.243 e. The number of rotatable bonds is 8.